The Morgan fingerprint density at radius 3 is 2.61 bits per heavy atom. The summed E-state index contributed by atoms with van der Waals surface area (Å²) in [5, 5.41) is 11.0. The van der Waals surface area contributed by atoms with E-state index in [1.807, 2.05) is 0 Å². The highest BCUT2D eigenvalue weighted by atomic mass is 19.4. The van der Waals surface area contributed by atoms with E-state index in [1.165, 1.54) is 12.1 Å². The van der Waals surface area contributed by atoms with Gasteiger partial charge < -0.3 is 10.4 Å². The standard InChI is InChI=1S/C12H14F3NO2/c13-12(14,15)10-5-3-4-9(8-10)11(18)16-6-1-2-7-17/h3-5,8,17H,1-2,6-7H2,(H,16,18). The maximum Gasteiger partial charge on any atom is 0.416 e. The molecule has 1 rings (SSSR count). The summed E-state index contributed by atoms with van der Waals surface area (Å²) in [6.07, 6.45) is -3.32. The van der Waals surface area contributed by atoms with E-state index in [-0.39, 0.29) is 12.2 Å². The minimum absolute atomic E-state index is 0.0196. The second kappa shape index (κ2) is 6.39. The SMILES string of the molecule is O=C(NCCCCO)c1cccc(C(F)(F)F)c1. The van der Waals surface area contributed by atoms with Crippen molar-refractivity contribution in [2.45, 2.75) is 19.0 Å². The Hall–Kier alpha value is -1.56. The number of nitrogens with one attached hydrogen (secondary N) is 1. The van der Waals surface area contributed by atoms with Crippen molar-refractivity contribution >= 4 is 5.91 Å². The van der Waals surface area contributed by atoms with Crippen LogP contribution in [-0.2, 0) is 6.18 Å². The fourth-order valence-electron chi connectivity index (χ4n) is 1.38. The van der Waals surface area contributed by atoms with E-state index in [0.717, 1.165) is 12.1 Å². The van der Waals surface area contributed by atoms with Crippen molar-refractivity contribution in [1.29, 1.82) is 0 Å². The number of amides is 1. The molecule has 6 heteroatoms. The third-order valence-electron chi connectivity index (χ3n) is 2.32. The molecule has 1 aromatic rings. The Bertz CT molecular complexity index is 405. The minimum Gasteiger partial charge on any atom is -0.396 e. The van der Waals surface area contributed by atoms with E-state index in [0.29, 0.717) is 19.4 Å². The van der Waals surface area contributed by atoms with E-state index in [1.54, 1.807) is 0 Å². The molecule has 0 unspecified atom stereocenters. The number of carbonyl (C=O) groups is 1. The van der Waals surface area contributed by atoms with Gasteiger partial charge in [-0.2, -0.15) is 13.2 Å². The first-order chi connectivity index (χ1) is 8.45. The lowest BCUT2D eigenvalue weighted by molar-refractivity contribution is -0.137. The fraction of sp³-hybridized carbons (Fsp3) is 0.417. The summed E-state index contributed by atoms with van der Waals surface area (Å²) in [6.45, 7) is 0.356. The molecular weight excluding hydrogens is 247 g/mol. The lowest BCUT2D eigenvalue weighted by atomic mass is 10.1. The second-order valence-electron chi connectivity index (χ2n) is 3.77. The molecule has 100 valence electrons. The molecular formula is C12H14F3NO2. The average molecular weight is 261 g/mol. The summed E-state index contributed by atoms with van der Waals surface area (Å²) in [5.41, 5.74) is -0.862. The monoisotopic (exact) mass is 261 g/mol. The first-order valence-electron chi connectivity index (χ1n) is 5.51. The molecule has 0 saturated heterocycles. The number of halogens is 3. The van der Waals surface area contributed by atoms with Crippen LogP contribution in [0.2, 0.25) is 0 Å². The van der Waals surface area contributed by atoms with E-state index < -0.39 is 17.6 Å². The highest BCUT2D eigenvalue weighted by molar-refractivity contribution is 5.94. The third kappa shape index (κ3) is 4.37. The maximum absolute atomic E-state index is 12.4. The molecule has 0 aliphatic heterocycles. The smallest absolute Gasteiger partial charge is 0.396 e. The molecule has 0 heterocycles. The number of aliphatic hydroxyl groups excluding tert-OH is 1. The van der Waals surface area contributed by atoms with Crippen molar-refractivity contribution < 1.29 is 23.1 Å². The van der Waals surface area contributed by atoms with Gasteiger partial charge in [0.1, 0.15) is 0 Å². The molecule has 1 amide bonds. The molecule has 0 bridgehead atoms. The fourth-order valence-corrected chi connectivity index (χ4v) is 1.38. The molecule has 0 fully saturated rings. The van der Waals surface area contributed by atoms with Gasteiger partial charge in [-0.3, -0.25) is 4.79 Å². The normalized spacial score (nSPS) is 11.3. The third-order valence-corrected chi connectivity index (χ3v) is 2.32. The van der Waals surface area contributed by atoms with Crippen molar-refractivity contribution in [3.8, 4) is 0 Å². The number of alkyl halides is 3. The largest absolute Gasteiger partial charge is 0.416 e. The first kappa shape index (κ1) is 14.5. The molecule has 0 atom stereocenters. The Balaban J connectivity index is 2.63. The number of aliphatic hydroxyl groups is 1. The number of rotatable bonds is 5. The average Bonchev–Trinajstić information content (AvgIpc) is 2.33. The summed E-state index contributed by atoms with van der Waals surface area (Å²) in [5.74, 6) is -0.543. The van der Waals surface area contributed by atoms with Gasteiger partial charge in [-0.05, 0) is 31.0 Å². The van der Waals surface area contributed by atoms with Gasteiger partial charge in [-0.25, -0.2) is 0 Å². The Labute approximate surface area is 103 Å². The van der Waals surface area contributed by atoms with Crippen LogP contribution in [0.4, 0.5) is 13.2 Å². The minimum atomic E-state index is -4.45. The Morgan fingerprint density at radius 2 is 2.00 bits per heavy atom. The number of benzene rings is 1. The Morgan fingerprint density at radius 1 is 1.28 bits per heavy atom. The highest BCUT2D eigenvalue weighted by Crippen LogP contribution is 2.29. The summed E-state index contributed by atoms with van der Waals surface area (Å²) in [7, 11) is 0. The van der Waals surface area contributed by atoms with Crippen LogP contribution in [0.15, 0.2) is 24.3 Å². The van der Waals surface area contributed by atoms with Crippen molar-refractivity contribution in [2.24, 2.45) is 0 Å². The van der Waals surface area contributed by atoms with Gasteiger partial charge in [-0.1, -0.05) is 6.07 Å². The van der Waals surface area contributed by atoms with Gasteiger partial charge in [0.2, 0.25) is 0 Å². The zero-order valence-electron chi connectivity index (χ0n) is 9.63. The van der Waals surface area contributed by atoms with Crippen LogP contribution in [0.25, 0.3) is 0 Å². The first-order valence-corrected chi connectivity index (χ1v) is 5.51. The zero-order chi connectivity index (χ0) is 13.6. The summed E-state index contributed by atoms with van der Waals surface area (Å²) in [4.78, 5) is 11.5. The van der Waals surface area contributed by atoms with Crippen LogP contribution >= 0.6 is 0 Å². The molecule has 0 aliphatic carbocycles. The summed E-state index contributed by atoms with van der Waals surface area (Å²) in [6, 6.07) is 4.27. The molecule has 18 heavy (non-hydrogen) atoms. The maximum atomic E-state index is 12.4. The van der Waals surface area contributed by atoms with Crippen LogP contribution < -0.4 is 5.32 Å². The van der Waals surface area contributed by atoms with Crippen LogP contribution in [0.5, 0.6) is 0 Å². The molecule has 0 radical (unpaired) electrons. The van der Waals surface area contributed by atoms with Crippen molar-refractivity contribution in [1.82, 2.24) is 5.32 Å². The molecule has 0 saturated carbocycles. The molecule has 0 aliphatic rings. The highest BCUT2D eigenvalue weighted by Gasteiger charge is 2.30. The number of hydrogen-bond donors (Lipinski definition) is 2. The molecule has 2 N–H and O–H groups in total. The van der Waals surface area contributed by atoms with Crippen molar-refractivity contribution in [2.75, 3.05) is 13.2 Å². The van der Waals surface area contributed by atoms with E-state index in [9.17, 15) is 18.0 Å². The van der Waals surface area contributed by atoms with Crippen molar-refractivity contribution in [3.05, 3.63) is 35.4 Å². The number of unbranched alkanes of at least 4 members (excludes halogenated alkanes) is 1. The van der Waals surface area contributed by atoms with Gasteiger partial charge in [0.25, 0.3) is 5.91 Å². The molecule has 0 spiro atoms. The van der Waals surface area contributed by atoms with Gasteiger partial charge in [0.05, 0.1) is 5.56 Å². The van der Waals surface area contributed by atoms with Gasteiger partial charge in [0, 0.05) is 18.7 Å². The van der Waals surface area contributed by atoms with Crippen LogP contribution in [0.1, 0.15) is 28.8 Å². The second-order valence-corrected chi connectivity index (χ2v) is 3.77. The van der Waals surface area contributed by atoms with E-state index in [2.05, 4.69) is 5.32 Å². The van der Waals surface area contributed by atoms with Crippen LogP contribution in [0.3, 0.4) is 0 Å². The lowest BCUT2D eigenvalue weighted by Gasteiger charge is -2.09. The quantitative estimate of drug-likeness (QED) is 0.798. The number of hydrogen-bond acceptors (Lipinski definition) is 2. The van der Waals surface area contributed by atoms with E-state index >= 15 is 0 Å². The lowest BCUT2D eigenvalue weighted by Crippen LogP contribution is -2.25. The molecule has 3 nitrogen and oxygen atoms in total. The molecule has 0 aromatic heterocycles. The van der Waals surface area contributed by atoms with Crippen molar-refractivity contribution in [3.63, 3.8) is 0 Å². The number of carbonyl (C=O) groups excluding carboxylic acids is 1. The van der Waals surface area contributed by atoms with Gasteiger partial charge >= 0.3 is 6.18 Å². The topological polar surface area (TPSA) is 49.3 Å². The summed E-state index contributed by atoms with van der Waals surface area (Å²) < 4.78 is 37.3. The molecule has 1 aromatic carbocycles. The zero-order valence-corrected chi connectivity index (χ0v) is 9.63. The summed E-state index contributed by atoms with van der Waals surface area (Å²) >= 11 is 0. The predicted octanol–water partition coefficient (Wildman–Crippen LogP) is 2.21. The van der Waals surface area contributed by atoms with Gasteiger partial charge in [-0.15, -0.1) is 0 Å². The predicted molar refractivity (Wildman–Crippen MR) is 60.1 cm³/mol. The van der Waals surface area contributed by atoms with Gasteiger partial charge in [0.15, 0.2) is 0 Å². The van der Waals surface area contributed by atoms with Crippen LogP contribution in [-0.4, -0.2) is 24.2 Å². The Kier molecular flexibility index (Phi) is 5.15. The van der Waals surface area contributed by atoms with E-state index in [4.69, 9.17) is 5.11 Å². The van der Waals surface area contributed by atoms with Crippen LogP contribution in [0, 0.1) is 0 Å².